The summed E-state index contributed by atoms with van der Waals surface area (Å²) in [6, 6.07) is 7.55. The lowest BCUT2D eigenvalue weighted by atomic mass is 10.2. The first-order valence-electron chi connectivity index (χ1n) is 8.72. The van der Waals surface area contributed by atoms with Gasteiger partial charge in [0.05, 0.1) is 10.7 Å². The van der Waals surface area contributed by atoms with Crippen LogP contribution in [-0.2, 0) is 6.54 Å². The average molecular weight is 419 g/mol. The molecule has 5 nitrogen and oxygen atoms in total. The number of nitrogens with zero attached hydrogens (tertiary/aromatic N) is 4. The van der Waals surface area contributed by atoms with Gasteiger partial charge >= 0.3 is 0 Å². The Labute approximate surface area is 171 Å². The van der Waals surface area contributed by atoms with Crippen LogP contribution in [0.5, 0.6) is 0 Å². The summed E-state index contributed by atoms with van der Waals surface area (Å²) >= 11 is 9.20. The van der Waals surface area contributed by atoms with Crippen LogP contribution < -0.4 is 0 Å². The zero-order chi connectivity index (χ0) is 18.8. The van der Waals surface area contributed by atoms with Gasteiger partial charge in [-0.3, -0.25) is 9.69 Å². The van der Waals surface area contributed by atoms with Crippen LogP contribution in [0.1, 0.15) is 21.2 Å². The first kappa shape index (κ1) is 18.6. The Morgan fingerprint density at radius 1 is 1.15 bits per heavy atom. The third kappa shape index (κ3) is 4.38. The normalized spacial score (nSPS) is 15.3. The molecule has 2 aromatic heterocycles. The fourth-order valence-corrected chi connectivity index (χ4v) is 4.69. The Morgan fingerprint density at radius 3 is 2.67 bits per heavy atom. The Kier molecular flexibility index (Phi) is 5.54. The molecule has 0 unspecified atom stereocenters. The number of carbonyl (C=O) groups excluding carboxylic acids is 1. The van der Waals surface area contributed by atoms with E-state index in [1.54, 1.807) is 11.3 Å². The Bertz CT molecular complexity index is 947. The average Bonchev–Trinajstić information content (AvgIpc) is 3.31. The highest BCUT2D eigenvalue weighted by Gasteiger charge is 2.24. The zero-order valence-corrected chi connectivity index (χ0v) is 17.3. The summed E-state index contributed by atoms with van der Waals surface area (Å²) in [5.74, 6) is 0.00341. The van der Waals surface area contributed by atoms with Gasteiger partial charge in [0.1, 0.15) is 10.7 Å². The third-order valence-electron chi connectivity index (χ3n) is 4.51. The van der Waals surface area contributed by atoms with Crippen molar-refractivity contribution in [2.24, 2.45) is 0 Å². The first-order chi connectivity index (χ1) is 13.1. The van der Waals surface area contributed by atoms with Crippen LogP contribution in [0.15, 0.2) is 35.0 Å². The number of aromatic nitrogens is 2. The number of amides is 1. The topological polar surface area (TPSA) is 49.3 Å². The minimum atomic E-state index is 0.00341. The van der Waals surface area contributed by atoms with Crippen molar-refractivity contribution in [1.82, 2.24) is 19.8 Å². The molecular formula is C19H19ClN4OS2. The van der Waals surface area contributed by atoms with Crippen LogP contribution in [0, 0.1) is 6.92 Å². The monoisotopic (exact) mass is 418 g/mol. The van der Waals surface area contributed by atoms with Crippen LogP contribution in [0.4, 0.5) is 0 Å². The molecule has 4 rings (SSSR count). The first-order valence-corrected chi connectivity index (χ1v) is 10.9. The number of rotatable bonds is 4. The molecular weight excluding hydrogens is 400 g/mol. The molecule has 1 amide bonds. The lowest BCUT2D eigenvalue weighted by Gasteiger charge is -2.34. The summed E-state index contributed by atoms with van der Waals surface area (Å²) in [6.45, 7) is 6.01. The number of halogens is 1. The summed E-state index contributed by atoms with van der Waals surface area (Å²) in [5.41, 5.74) is 2.57. The maximum atomic E-state index is 12.8. The number of hydrogen-bond acceptors (Lipinski definition) is 6. The van der Waals surface area contributed by atoms with E-state index in [1.807, 2.05) is 41.5 Å². The van der Waals surface area contributed by atoms with E-state index in [4.69, 9.17) is 11.6 Å². The van der Waals surface area contributed by atoms with Gasteiger partial charge in [-0.15, -0.1) is 22.7 Å². The summed E-state index contributed by atoms with van der Waals surface area (Å²) in [4.78, 5) is 26.1. The smallest absolute Gasteiger partial charge is 0.273 e. The van der Waals surface area contributed by atoms with Crippen LogP contribution in [0.25, 0.3) is 10.6 Å². The van der Waals surface area contributed by atoms with E-state index in [0.717, 1.165) is 40.9 Å². The zero-order valence-electron chi connectivity index (χ0n) is 14.9. The van der Waals surface area contributed by atoms with E-state index in [-0.39, 0.29) is 5.91 Å². The van der Waals surface area contributed by atoms with Crippen molar-refractivity contribution in [1.29, 1.82) is 0 Å². The van der Waals surface area contributed by atoms with Crippen LogP contribution >= 0.6 is 34.3 Å². The second-order valence-corrected chi connectivity index (χ2v) is 8.83. The predicted molar refractivity (Wildman–Crippen MR) is 111 cm³/mol. The second-order valence-electron chi connectivity index (χ2n) is 6.47. The number of aryl methyl sites for hydroxylation is 1. The number of carbonyl (C=O) groups is 1. The molecule has 3 heterocycles. The van der Waals surface area contributed by atoms with Gasteiger partial charge in [0.15, 0.2) is 0 Å². The minimum absolute atomic E-state index is 0.00341. The molecule has 1 saturated heterocycles. The minimum Gasteiger partial charge on any atom is -0.335 e. The molecule has 140 valence electrons. The number of benzene rings is 1. The Balaban J connectivity index is 1.37. The van der Waals surface area contributed by atoms with Crippen molar-refractivity contribution in [2.75, 3.05) is 26.2 Å². The number of thiazole rings is 2. The van der Waals surface area contributed by atoms with E-state index >= 15 is 0 Å². The van der Waals surface area contributed by atoms with Gasteiger partial charge in [-0.05, 0) is 19.1 Å². The molecule has 0 spiro atoms. The molecule has 27 heavy (non-hydrogen) atoms. The van der Waals surface area contributed by atoms with Gasteiger partial charge in [0.2, 0.25) is 0 Å². The fraction of sp³-hybridized carbons (Fsp3) is 0.316. The summed E-state index contributed by atoms with van der Waals surface area (Å²) < 4.78 is 0. The Hall–Kier alpha value is -1.80. The molecule has 1 aliphatic rings. The quantitative estimate of drug-likeness (QED) is 0.637. The molecule has 8 heteroatoms. The van der Waals surface area contributed by atoms with E-state index in [9.17, 15) is 4.79 Å². The molecule has 3 aromatic rings. The van der Waals surface area contributed by atoms with Crippen molar-refractivity contribution in [3.8, 4) is 10.6 Å². The molecule has 0 N–H and O–H groups in total. The number of hydrogen-bond donors (Lipinski definition) is 0. The fourth-order valence-electron chi connectivity index (χ4n) is 3.11. The van der Waals surface area contributed by atoms with E-state index in [0.29, 0.717) is 23.8 Å². The van der Waals surface area contributed by atoms with Gasteiger partial charge in [0, 0.05) is 54.1 Å². The molecule has 0 atom stereocenters. The van der Waals surface area contributed by atoms with Gasteiger partial charge in [-0.25, -0.2) is 9.97 Å². The summed E-state index contributed by atoms with van der Waals surface area (Å²) in [7, 11) is 0. The summed E-state index contributed by atoms with van der Waals surface area (Å²) in [6.07, 6.45) is 0. The summed E-state index contributed by atoms with van der Waals surface area (Å²) in [5, 5.41) is 6.53. The predicted octanol–water partition coefficient (Wildman–Crippen LogP) is 4.19. The number of piperazine rings is 1. The molecule has 0 saturated carbocycles. The standard InChI is InChI=1S/C19H19ClN4OS2/c1-13-21-16(11-26-13)10-23-5-7-24(8-6-23)19(25)17-12-27-18(22-17)14-3-2-4-15(20)9-14/h2-4,9,11-12H,5-8,10H2,1H3. The highest BCUT2D eigenvalue weighted by Crippen LogP contribution is 2.26. The highest BCUT2D eigenvalue weighted by molar-refractivity contribution is 7.13. The largest absolute Gasteiger partial charge is 0.335 e. The van der Waals surface area contributed by atoms with Crippen molar-refractivity contribution in [2.45, 2.75) is 13.5 Å². The molecule has 1 aliphatic heterocycles. The molecule has 1 aromatic carbocycles. The molecule has 0 radical (unpaired) electrons. The Morgan fingerprint density at radius 2 is 1.96 bits per heavy atom. The van der Waals surface area contributed by atoms with Crippen molar-refractivity contribution in [3.05, 3.63) is 56.4 Å². The molecule has 0 bridgehead atoms. The lowest BCUT2D eigenvalue weighted by Crippen LogP contribution is -2.48. The van der Waals surface area contributed by atoms with Gasteiger partial charge < -0.3 is 4.90 Å². The highest BCUT2D eigenvalue weighted by atomic mass is 35.5. The maximum absolute atomic E-state index is 12.8. The van der Waals surface area contributed by atoms with Crippen LogP contribution in [-0.4, -0.2) is 51.9 Å². The van der Waals surface area contributed by atoms with E-state index in [1.165, 1.54) is 11.3 Å². The van der Waals surface area contributed by atoms with Crippen LogP contribution in [0.2, 0.25) is 5.02 Å². The SMILES string of the molecule is Cc1nc(CN2CCN(C(=O)c3csc(-c4cccc(Cl)c4)n3)CC2)cs1. The van der Waals surface area contributed by atoms with Crippen molar-refractivity contribution in [3.63, 3.8) is 0 Å². The molecule has 0 aliphatic carbocycles. The van der Waals surface area contributed by atoms with Crippen LogP contribution in [0.3, 0.4) is 0 Å². The van der Waals surface area contributed by atoms with Gasteiger partial charge in [-0.2, -0.15) is 0 Å². The van der Waals surface area contributed by atoms with E-state index in [2.05, 4.69) is 20.2 Å². The van der Waals surface area contributed by atoms with E-state index < -0.39 is 0 Å². The maximum Gasteiger partial charge on any atom is 0.273 e. The second kappa shape index (κ2) is 8.06. The van der Waals surface area contributed by atoms with Crippen molar-refractivity contribution >= 4 is 40.2 Å². The molecule has 1 fully saturated rings. The third-order valence-corrected chi connectivity index (χ3v) is 6.46. The van der Waals surface area contributed by atoms with Gasteiger partial charge in [-0.1, -0.05) is 23.7 Å². The lowest BCUT2D eigenvalue weighted by molar-refractivity contribution is 0.0622. The van der Waals surface area contributed by atoms with Crippen molar-refractivity contribution < 1.29 is 4.79 Å². The van der Waals surface area contributed by atoms with Gasteiger partial charge in [0.25, 0.3) is 5.91 Å².